The van der Waals surface area contributed by atoms with E-state index in [-0.39, 0.29) is 11.5 Å². The van der Waals surface area contributed by atoms with Crippen molar-refractivity contribution in [2.45, 2.75) is 65.5 Å². The van der Waals surface area contributed by atoms with E-state index < -0.39 is 11.2 Å². The number of rotatable bonds is 3. The van der Waals surface area contributed by atoms with Crippen LogP contribution in [0, 0.1) is 22.7 Å². The topological polar surface area (TPSA) is 27.7 Å². The maximum Gasteiger partial charge on any atom is 0.187 e. The van der Waals surface area contributed by atoms with E-state index in [9.17, 15) is 0 Å². The van der Waals surface area contributed by atoms with E-state index in [2.05, 4.69) is 44.7 Å². The summed E-state index contributed by atoms with van der Waals surface area (Å²) in [7, 11) is 0. The van der Waals surface area contributed by atoms with E-state index in [1.54, 1.807) is 0 Å². The molecule has 1 spiro atoms. The van der Waals surface area contributed by atoms with Gasteiger partial charge in [-0.15, -0.1) is 5.92 Å². The van der Waals surface area contributed by atoms with Gasteiger partial charge in [0.2, 0.25) is 0 Å². The molecule has 0 radical (unpaired) electrons. The molecule has 0 aromatic heterocycles. The highest BCUT2D eigenvalue weighted by atomic mass is 16.7. The van der Waals surface area contributed by atoms with Crippen molar-refractivity contribution < 1.29 is 14.2 Å². The van der Waals surface area contributed by atoms with Crippen LogP contribution in [0.2, 0.25) is 0 Å². The lowest BCUT2D eigenvalue weighted by Gasteiger charge is -2.55. The van der Waals surface area contributed by atoms with Gasteiger partial charge >= 0.3 is 0 Å². The maximum atomic E-state index is 6.37. The predicted molar refractivity (Wildman–Crippen MR) is 98.8 cm³/mol. The van der Waals surface area contributed by atoms with Gasteiger partial charge in [-0.05, 0) is 32.3 Å². The summed E-state index contributed by atoms with van der Waals surface area (Å²) in [5.41, 5.74) is 0.759. The van der Waals surface area contributed by atoms with Crippen LogP contribution in [0.5, 0.6) is 0 Å². The van der Waals surface area contributed by atoms with Gasteiger partial charge in [-0.3, -0.25) is 0 Å². The van der Waals surface area contributed by atoms with Crippen molar-refractivity contribution in [1.29, 1.82) is 0 Å². The predicted octanol–water partition coefficient (Wildman–Crippen LogP) is 4.55. The molecule has 0 amide bonds. The van der Waals surface area contributed by atoms with Crippen molar-refractivity contribution in [2.24, 2.45) is 10.8 Å². The van der Waals surface area contributed by atoms with Gasteiger partial charge in [0.1, 0.15) is 5.41 Å². The lowest BCUT2D eigenvalue weighted by Crippen LogP contribution is -2.63. The van der Waals surface area contributed by atoms with Crippen LogP contribution < -0.4 is 0 Å². The molecule has 1 aromatic carbocycles. The third-order valence-electron chi connectivity index (χ3n) is 5.48. The zero-order valence-electron chi connectivity index (χ0n) is 15.9. The fraction of sp³-hybridized carbons (Fsp3) is 0.636. The Morgan fingerprint density at radius 1 is 1.12 bits per heavy atom. The summed E-state index contributed by atoms with van der Waals surface area (Å²) in [6, 6.07) is 10.3. The normalized spacial score (nSPS) is 30.5. The second-order valence-corrected chi connectivity index (χ2v) is 8.25. The van der Waals surface area contributed by atoms with Crippen LogP contribution in [0.15, 0.2) is 30.3 Å². The van der Waals surface area contributed by atoms with E-state index >= 15 is 0 Å². The Labute approximate surface area is 152 Å². The molecule has 0 unspecified atom stereocenters. The Bertz CT molecular complexity index is 630. The number of hydrogen-bond acceptors (Lipinski definition) is 3. The second kappa shape index (κ2) is 7.11. The van der Waals surface area contributed by atoms with Crippen LogP contribution in [0.3, 0.4) is 0 Å². The van der Waals surface area contributed by atoms with Gasteiger partial charge in [0, 0.05) is 11.8 Å². The van der Waals surface area contributed by atoms with Crippen LogP contribution in [-0.2, 0) is 20.8 Å². The first-order valence-electron chi connectivity index (χ1n) is 9.28. The standard InChI is InChI=1S/C22H30O3/c1-5-13-21(4)19(23-15-18-10-7-6-8-11-18)12-9-14-22(21)24-16-20(2,3)17-25-22/h6-8,10-11,19H,9,12,14-17H2,1-4H3/t19-,21+/m0/s1. The molecule has 2 atom stereocenters. The van der Waals surface area contributed by atoms with Gasteiger partial charge in [0.25, 0.3) is 0 Å². The largest absolute Gasteiger partial charge is 0.372 e. The average molecular weight is 342 g/mol. The Kier molecular flexibility index (Phi) is 5.25. The summed E-state index contributed by atoms with van der Waals surface area (Å²) in [5.74, 6) is 5.86. The fourth-order valence-corrected chi connectivity index (χ4v) is 3.92. The third kappa shape index (κ3) is 3.62. The maximum absolute atomic E-state index is 6.37. The molecule has 3 nitrogen and oxygen atoms in total. The zero-order chi connectivity index (χ0) is 18.0. The molecule has 0 bridgehead atoms. The highest BCUT2D eigenvalue weighted by molar-refractivity contribution is 5.21. The van der Waals surface area contributed by atoms with E-state index in [4.69, 9.17) is 14.2 Å². The summed E-state index contributed by atoms with van der Waals surface area (Å²) in [6.07, 6.45) is 2.88. The summed E-state index contributed by atoms with van der Waals surface area (Å²) >= 11 is 0. The van der Waals surface area contributed by atoms with E-state index in [0.29, 0.717) is 19.8 Å². The van der Waals surface area contributed by atoms with E-state index in [1.165, 1.54) is 5.56 Å². The Hall–Kier alpha value is -1.34. The van der Waals surface area contributed by atoms with Gasteiger partial charge in [0.15, 0.2) is 5.79 Å². The highest BCUT2D eigenvalue weighted by Gasteiger charge is 2.59. The lowest BCUT2D eigenvalue weighted by atomic mass is 9.67. The monoisotopic (exact) mass is 342 g/mol. The van der Waals surface area contributed by atoms with Gasteiger partial charge in [0.05, 0.1) is 25.9 Å². The van der Waals surface area contributed by atoms with Crippen molar-refractivity contribution in [2.75, 3.05) is 13.2 Å². The summed E-state index contributed by atoms with van der Waals surface area (Å²) in [6.45, 7) is 10.4. The number of ether oxygens (including phenoxy) is 3. The Morgan fingerprint density at radius 3 is 2.44 bits per heavy atom. The summed E-state index contributed by atoms with van der Waals surface area (Å²) in [4.78, 5) is 0. The van der Waals surface area contributed by atoms with E-state index in [0.717, 1.165) is 19.3 Å². The minimum atomic E-state index is -0.662. The van der Waals surface area contributed by atoms with Crippen molar-refractivity contribution in [3.63, 3.8) is 0 Å². The van der Waals surface area contributed by atoms with Gasteiger partial charge in [-0.2, -0.15) is 0 Å². The molecule has 3 rings (SSSR count). The summed E-state index contributed by atoms with van der Waals surface area (Å²) < 4.78 is 19.1. The quantitative estimate of drug-likeness (QED) is 0.754. The third-order valence-corrected chi connectivity index (χ3v) is 5.48. The molecule has 0 N–H and O–H groups in total. The molecule has 1 aliphatic carbocycles. The molecule has 25 heavy (non-hydrogen) atoms. The minimum Gasteiger partial charge on any atom is -0.372 e. The first-order valence-corrected chi connectivity index (χ1v) is 9.28. The van der Waals surface area contributed by atoms with Crippen LogP contribution in [-0.4, -0.2) is 25.1 Å². The fourth-order valence-electron chi connectivity index (χ4n) is 3.92. The molecule has 1 saturated heterocycles. The molecular weight excluding hydrogens is 312 g/mol. The first-order chi connectivity index (χ1) is 11.9. The lowest BCUT2D eigenvalue weighted by molar-refractivity contribution is -0.360. The Balaban J connectivity index is 1.81. The molecule has 1 saturated carbocycles. The number of benzene rings is 1. The second-order valence-electron chi connectivity index (χ2n) is 8.25. The minimum absolute atomic E-state index is 0.00452. The molecule has 2 aliphatic rings. The summed E-state index contributed by atoms with van der Waals surface area (Å²) in [5, 5.41) is 0. The van der Waals surface area contributed by atoms with Gasteiger partial charge in [-0.1, -0.05) is 50.1 Å². The van der Waals surface area contributed by atoms with Gasteiger partial charge in [-0.25, -0.2) is 0 Å². The molecule has 1 heterocycles. The zero-order valence-corrected chi connectivity index (χ0v) is 15.9. The van der Waals surface area contributed by atoms with Crippen molar-refractivity contribution in [3.8, 4) is 11.8 Å². The van der Waals surface area contributed by atoms with Crippen LogP contribution >= 0.6 is 0 Å². The van der Waals surface area contributed by atoms with Crippen molar-refractivity contribution >= 4 is 0 Å². The average Bonchev–Trinajstić information content (AvgIpc) is 2.60. The highest BCUT2D eigenvalue weighted by Crippen LogP contribution is 2.51. The molecule has 1 aromatic rings. The van der Waals surface area contributed by atoms with E-state index in [1.807, 2.05) is 25.1 Å². The Morgan fingerprint density at radius 2 is 1.80 bits per heavy atom. The SMILES string of the molecule is CC#C[C@]1(C)[C@@H](OCc2ccccc2)CCCC12OCC(C)(C)CO2. The van der Waals surface area contributed by atoms with Crippen LogP contribution in [0.1, 0.15) is 52.5 Å². The molecule has 136 valence electrons. The molecule has 3 heteroatoms. The van der Waals surface area contributed by atoms with Crippen molar-refractivity contribution in [1.82, 2.24) is 0 Å². The van der Waals surface area contributed by atoms with Gasteiger partial charge < -0.3 is 14.2 Å². The number of hydrogen-bond donors (Lipinski definition) is 0. The molecular formula is C22H30O3. The van der Waals surface area contributed by atoms with Crippen LogP contribution in [0.25, 0.3) is 0 Å². The van der Waals surface area contributed by atoms with Crippen LogP contribution in [0.4, 0.5) is 0 Å². The first kappa shape index (κ1) is 18.5. The van der Waals surface area contributed by atoms with Crippen molar-refractivity contribution in [3.05, 3.63) is 35.9 Å². The molecule has 2 fully saturated rings. The smallest absolute Gasteiger partial charge is 0.187 e. The molecule has 1 aliphatic heterocycles.